The lowest BCUT2D eigenvalue weighted by Gasteiger charge is -2.08. The van der Waals surface area contributed by atoms with Crippen LogP contribution < -0.4 is 15.8 Å². The fourth-order valence-corrected chi connectivity index (χ4v) is 1.68. The minimum atomic E-state index is -0.638. The number of nitrogens with two attached hydrogens (primary N) is 1. The molecule has 1 heterocycles. The number of nitro benzene ring substituents is 1. The summed E-state index contributed by atoms with van der Waals surface area (Å²) in [6.07, 6.45) is 1.41. The number of hydrogen-bond acceptors (Lipinski definition) is 6. The fraction of sp³-hybridized carbons (Fsp3) is 0.0769. The van der Waals surface area contributed by atoms with Gasteiger partial charge < -0.3 is 15.8 Å². The van der Waals surface area contributed by atoms with E-state index >= 15 is 0 Å². The zero-order valence-electron chi connectivity index (χ0n) is 11.1. The summed E-state index contributed by atoms with van der Waals surface area (Å²) < 4.78 is 4.90. The van der Waals surface area contributed by atoms with E-state index in [2.05, 4.69) is 10.3 Å². The minimum Gasteiger partial charge on any atom is -0.481 e. The van der Waals surface area contributed by atoms with E-state index in [4.69, 9.17) is 10.5 Å². The number of pyridine rings is 1. The van der Waals surface area contributed by atoms with E-state index < -0.39 is 10.8 Å². The average molecular weight is 288 g/mol. The van der Waals surface area contributed by atoms with Crippen LogP contribution in [-0.2, 0) is 0 Å². The molecule has 0 aliphatic rings. The quantitative estimate of drug-likeness (QED) is 0.503. The first-order valence-corrected chi connectivity index (χ1v) is 5.87. The van der Waals surface area contributed by atoms with Crippen molar-refractivity contribution in [1.29, 1.82) is 0 Å². The second-order valence-electron chi connectivity index (χ2n) is 4.04. The molecule has 0 saturated heterocycles. The van der Waals surface area contributed by atoms with Gasteiger partial charge in [-0.25, -0.2) is 4.98 Å². The molecular formula is C13H12N4O4. The third-order valence-electron chi connectivity index (χ3n) is 2.73. The number of ether oxygens (including phenoxy) is 1. The molecule has 0 bridgehead atoms. The van der Waals surface area contributed by atoms with Gasteiger partial charge in [-0.15, -0.1) is 0 Å². The molecule has 0 aliphatic heterocycles. The van der Waals surface area contributed by atoms with Gasteiger partial charge >= 0.3 is 0 Å². The van der Waals surface area contributed by atoms with Crippen molar-refractivity contribution in [3.8, 4) is 5.88 Å². The van der Waals surface area contributed by atoms with Gasteiger partial charge in [-0.05, 0) is 12.1 Å². The summed E-state index contributed by atoms with van der Waals surface area (Å²) in [5.74, 6) is -0.147. The summed E-state index contributed by atoms with van der Waals surface area (Å²) in [6.45, 7) is 0. The summed E-state index contributed by atoms with van der Waals surface area (Å²) in [5.41, 5.74) is 5.61. The molecule has 8 nitrogen and oxygen atoms in total. The number of carbonyl (C=O) groups excluding carboxylic acids is 1. The van der Waals surface area contributed by atoms with Crippen molar-refractivity contribution in [2.45, 2.75) is 0 Å². The van der Waals surface area contributed by atoms with Crippen LogP contribution in [-0.4, -0.2) is 22.9 Å². The molecule has 0 unspecified atom stereocenters. The average Bonchev–Trinajstić information content (AvgIpc) is 2.47. The summed E-state index contributed by atoms with van der Waals surface area (Å²) in [5, 5.41) is 13.4. The van der Waals surface area contributed by atoms with Crippen LogP contribution in [0.4, 0.5) is 17.1 Å². The van der Waals surface area contributed by atoms with E-state index in [9.17, 15) is 14.9 Å². The second kappa shape index (κ2) is 5.87. The molecule has 2 rings (SSSR count). The van der Waals surface area contributed by atoms with Crippen molar-refractivity contribution in [3.05, 3.63) is 52.2 Å². The molecular weight excluding hydrogens is 276 g/mol. The molecule has 2 aromatic rings. The van der Waals surface area contributed by atoms with E-state index in [0.717, 1.165) is 0 Å². The highest BCUT2D eigenvalue weighted by atomic mass is 16.6. The summed E-state index contributed by atoms with van der Waals surface area (Å²) in [6, 6.07) is 7.22. The molecule has 0 fully saturated rings. The van der Waals surface area contributed by atoms with Crippen LogP contribution in [0.1, 0.15) is 10.4 Å². The van der Waals surface area contributed by atoms with Gasteiger partial charge in [0.25, 0.3) is 11.6 Å². The number of nitro groups is 1. The number of carbonyl (C=O) groups is 1. The molecule has 1 aromatic heterocycles. The number of benzene rings is 1. The molecule has 0 spiro atoms. The first-order chi connectivity index (χ1) is 10.0. The van der Waals surface area contributed by atoms with Gasteiger partial charge in [-0.1, -0.05) is 6.07 Å². The maximum Gasteiger partial charge on any atom is 0.292 e. The number of hydrogen-bond donors (Lipinski definition) is 2. The number of amides is 1. The van der Waals surface area contributed by atoms with Gasteiger partial charge in [-0.3, -0.25) is 14.9 Å². The topological polar surface area (TPSA) is 120 Å². The van der Waals surface area contributed by atoms with Crippen LogP contribution in [0.5, 0.6) is 5.88 Å². The number of rotatable bonds is 4. The lowest BCUT2D eigenvalue weighted by atomic mass is 10.1. The predicted molar refractivity (Wildman–Crippen MR) is 76.3 cm³/mol. The van der Waals surface area contributed by atoms with Gasteiger partial charge in [0, 0.05) is 12.1 Å². The Morgan fingerprint density at radius 1 is 1.38 bits per heavy atom. The summed E-state index contributed by atoms with van der Waals surface area (Å²) in [7, 11) is 1.48. The van der Waals surface area contributed by atoms with Gasteiger partial charge in [0.15, 0.2) is 0 Å². The normalized spacial score (nSPS) is 9.95. The maximum atomic E-state index is 12.1. The Labute approximate surface area is 119 Å². The van der Waals surface area contributed by atoms with Gasteiger partial charge in [0.05, 0.1) is 29.5 Å². The standard InChI is InChI=1S/C13H12N4O4/c1-21-11-6-5-8(7-15-11)16-13(18)9-3-2-4-10(12(9)14)17(19)20/h2-7H,14H2,1H3,(H,16,18). The molecule has 0 saturated carbocycles. The first kappa shape index (κ1) is 14.3. The molecule has 0 atom stereocenters. The van der Waals surface area contributed by atoms with Crippen molar-refractivity contribution in [3.63, 3.8) is 0 Å². The third-order valence-corrected chi connectivity index (χ3v) is 2.73. The van der Waals surface area contributed by atoms with Crippen LogP contribution in [0.25, 0.3) is 0 Å². The van der Waals surface area contributed by atoms with Crippen molar-refractivity contribution in [2.75, 3.05) is 18.2 Å². The lowest BCUT2D eigenvalue weighted by molar-refractivity contribution is -0.383. The minimum absolute atomic E-state index is 0.0278. The van der Waals surface area contributed by atoms with E-state index in [0.29, 0.717) is 11.6 Å². The van der Waals surface area contributed by atoms with E-state index in [1.807, 2.05) is 0 Å². The Hall–Kier alpha value is -3.16. The molecule has 0 aliphatic carbocycles. The van der Waals surface area contributed by atoms with Crippen molar-refractivity contribution >= 4 is 23.0 Å². The van der Waals surface area contributed by atoms with Crippen molar-refractivity contribution < 1.29 is 14.5 Å². The molecule has 8 heteroatoms. The highest BCUT2D eigenvalue weighted by Crippen LogP contribution is 2.25. The molecule has 0 radical (unpaired) electrons. The highest BCUT2D eigenvalue weighted by molar-refractivity contribution is 6.08. The van der Waals surface area contributed by atoms with Gasteiger partial charge in [-0.2, -0.15) is 0 Å². The van der Waals surface area contributed by atoms with E-state index in [-0.39, 0.29) is 16.9 Å². The van der Waals surface area contributed by atoms with E-state index in [1.165, 1.54) is 31.5 Å². The molecule has 108 valence electrons. The summed E-state index contributed by atoms with van der Waals surface area (Å²) >= 11 is 0. The Bertz CT molecular complexity index is 685. The smallest absolute Gasteiger partial charge is 0.292 e. The number of aromatic nitrogens is 1. The Balaban J connectivity index is 2.24. The molecule has 3 N–H and O–H groups in total. The predicted octanol–water partition coefficient (Wildman–Crippen LogP) is 1.83. The third kappa shape index (κ3) is 3.06. The van der Waals surface area contributed by atoms with Crippen LogP contribution >= 0.6 is 0 Å². The second-order valence-corrected chi connectivity index (χ2v) is 4.04. The largest absolute Gasteiger partial charge is 0.481 e. The fourth-order valence-electron chi connectivity index (χ4n) is 1.68. The molecule has 1 amide bonds. The van der Waals surface area contributed by atoms with E-state index in [1.54, 1.807) is 12.1 Å². The number of nitrogens with one attached hydrogen (secondary N) is 1. The first-order valence-electron chi connectivity index (χ1n) is 5.87. The molecule has 21 heavy (non-hydrogen) atoms. The van der Waals surface area contributed by atoms with Crippen LogP contribution in [0, 0.1) is 10.1 Å². The number of nitrogen functional groups attached to an aromatic ring is 1. The summed E-state index contributed by atoms with van der Waals surface area (Å²) in [4.78, 5) is 26.2. The van der Waals surface area contributed by atoms with Crippen LogP contribution in [0.2, 0.25) is 0 Å². The van der Waals surface area contributed by atoms with Crippen molar-refractivity contribution in [2.24, 2.45) is 0 Å². The number of nitrogens with zero attached hydrogens (tertiary/aromatic N) is 2. The highest BCUT2D eigenvalue weighted by Gasteiger charge is 2.19. The monoisotopic (exact) mass is 288 g/mol. The molecule has 1 aromatic carbocycles. The number of methoxy groups -OCH3 is 1. The zero-order chi connectivity index (χ0) is 15.4. The van der Waals surface area contributed by atoms with Gasteiger partial charge in [0.2, 0.25) is 5.88 Å². The lowest BCUT2D eigenvalue weighted by Crippen LogP contribution is -2.15. The Morgan fingerprint density at radius 2 is 2.14 bits per heavy atom. The Kier molecular flexibility index (Phi) is 3.98. The number of anilines is 2. The Morgan fingerprint density at radius 3 is 2.71 bits per heavy atom. The number of para-hydroxylation sites is 1. The zero-order valence-corrected chi connectivity index (χ0v) is 11.1. The SMILES string of the molecule is COc1ccc(NC(=O)c2cccc([N+](=O)[O-])c2N)cn1. The van der Waals surface area contributed by atoms with Gasteiger partial charge in [0.1, 0.15) is 5.69 Å². The van der Waals surface area contributed by atoms with Crippen molar-refractivity contribution in [1.82, 2.24) is 4.98 Å². The van der Waals surface area contributed by atoms with Crippen LogP contribution in [0.3, 0.4) is 0 Å². The van der Waals surface area contributed by atoms with Crippen LogP contribution in [0.15, 0.2) is 36.5 Å². The maximum absolute atomic E-state index is 12.1.